The fourth-order valence-corrected chi connectivity index (χ4v) is 3.31. The number of benzene rings is 2. The molecule has 1 atom stereocenters. The minimum absolute atomic E-state index is 0.102. The first kappa shape index (κ1) is 23.5. The maximum absolute atomic E-state index is 13.2. The zero-order valence-electron chi connectivity index (χ0n) is 18.6. The van der Waals surface area contributed by atoms with Crippen LogP contribution in [0.5, 0.6) is 5.75 Å². The van der Waals surface area contributed by atoms with E-state index < -0.39 is 6.04 Å². The van der Waals surface area contributed by atoms with Crippen LogP contribution in [0.2, 0.25) is 0 Å². The summed E-state index contributed by atoms with van der Waals surface area (Å²) in [7, 11) is 0. The molecule has 2 aromatic carbocycles. The molecule has 0 spiro atoms. The monoisotopic (exact) mass is 410 g/mol. The molecule has 5 nitrogen and oxygen atoms in total. The second-order valence-electron chi connectivity index (χ2n) is 7.45. The first-order valence-electron chi connectivity index (χ1n) is 10.8. The van der Waals surface area contributed by atoms with Gasteiger partial charge >= 0.3 is 0 Å². The average molecular weight is 411 g/mol. The highest BCUT2D eigenvalue weighted by Crippen LogP contribution is 2.17. The number of aryl methyl sites for hydroxylation is 2. The first-order chi connectivity index (χ1) is 14.5. The van der Waals surface area contributed by atoms with Crippen molar-refractivity contribution in [2.75, 3.05) is 13.2 Å². The predicted molar refractivity (Wildman–Crippen MR) is 120 cm³/mol. The van der Waals surface area contributed by atoms with Gasteiger partial charge in [0.05, 0.1) is 0 Å². The number of nitrogens with one attached hydrogen (secondary N) is 1. The zero-order chi connectivity index (χ0) is 21.9. The molecule has 0 bridgehead atoms. The molecule has 2 amide bonds. The molecule has 0 aliphatic rings. The Bertz CT molecular complexity index is 817. The number of hydrogen-bond acceptors (Lipinski definition) is 3. The van der Waals surface area contributed by atoms with Crippen LogP contribution in [-0.4, -0.2) is 35.9 Å². The van der Waals surface area contributed by atoms with E-state index in [1.165, 1.54) is 5.56 Å². The molecule has 0 aromatic heterocycles. The molecular weight excluding hydrogens is 376 g/mol. The van der Waals surface area contributed by atoms with Crippen molar-refractivity contribution in [2.45, 2.75) is 59.5 Å². The molecule has 0 radical (unpaired) electrons. The molecule has 0 saturated carbocycles. The van der Waals surface area contributed by atoms with Gasteiger partial charge in [-0.2, -0.15) is 0 Å². The Balaban J connectivity index is 2.18. The standard InChI is InChI=1S/C25H34N2O3/c1-5-16-26-25(29)23(7-3)27(17-21-11-9-8-10-19(21)4)24(28)18-30-22-14-12-20(6-2)13-15-22/h8-15,23H,5-7,16-18H2,1-4H3,(H,26,29)/t23-/m0/s1. The maximum Gasteiger partial charge on any atom is 0.261 e. The van der Waals surface area contributed by atoms with Crippen LogP contribution in [0.3, 0.4) is 0 Å². The Kier molecular flexibility index (Phi) is 9.39. The highest BCUT2D eigenvalue weighted by molar-refractivity contribution is 5.88. The van der Waals surface area contributed by atoms with E-state index in [-0.39, 0.29) is 18.4 Å². The second-order valence-corrected chi connectivity index (χ2v) is 7.45. The van der Waals surface area contributed by atoms with Crippen molar-refractivity contribution in [2.24, 2.45) is 0 Å². The van der Waals surface area contributed by atoms with Crippen molar-refractivity contribution in [3.8, 4) is 5.75 Å². The highest BCUT2D eigenvalue weighted by Gasteiger charge is 2.29. The lowest BCUT2D eigenvalue weighted by molar-refractivity contribution is -0.143. The minimum Gasteiger partial charge on any atom is -0.484 e. The number of hydrogen-bond donors (Lipinski definition) is 1. The summed E-state index contributed by atoms with van der Waals surface area (Å²) in [4.78, 5) is 27.6. The van der Waals surface area contributed by atoms with Crippen molar-refractivity contribution in [1.29, 1.82) is 0 Å². The molecule has 0 saturated heterocycles. The van der Waals surface area contributed by atoms with Gasteiger partial charge in [-0.1, -0.05) is 57.2 Å². The molecule has 0 aliphatic heterocycles. The number of nitrogens with zero attached hydrogens (tertiary/aromatic N) is 1. The van der Waals surface area contributed by atoms with Crippen LogP contribution < -0.4 is 10.1 Å². The molecule has 0 unspecified atom stereocenters. The van der Waals surface area contributed by atoms with Crippen LogP contribution in [0, 0.1) is 6.92 Å². The van der Waals surface area contributed by atoms with Crippen LogP contribution in [0.1, 0.15) is 50.3 Å². The van der Waals surface area contributed by atoms with Crippen molar-refractivity contribution in [1.82, 2.24) is 10.2 Å². The number of carbonyl (C=O) groups is 2. The lowest BCUT2D eigenvalue weighted by Gasteiger charge is -2.31. The summed E-state index contributed by atoms with van der Waals surface area (Å²) in [6, 6.07) is 15.2. The van der Waals surface area contributed by atoms with E-state index in [4.69, 9.17) is 4.74 Å². The van der Waals surface area contributed by atoms with Crippen molar-refractivity contribution < 1.29 is 14.3 Å². The van der Waals surface area contributed by atoms with E-state index in [2.05, 4.69) is 12.2 Å². The van der Waals surface area contributed by atoms with Crippen molar-refractivity contribution in [3.63, 3.8) is 0 Å². The molecule has 1 N–H and O–H groups in total. The maximum atomic E-state index is 13.2. The summed E-state index contributed by atoms with van der Waals surface area (Å²) >= 11 is 0. The molecule has 0 heterocycles. The molecule has 162 valence electrons. The fraction of sp³-hybridized carbons (Fsp3) is 0.440. The van der Waals surface area contributed by atoms with E-state index >= 15 is 0 Å². The zero-order valence-corrected chi connectivity index (χ0v) is 18.6. The third-order valence-corrected chi connectivity index (χ3v) is 5.23. The topological polar surface area (TPSA) is 58.6 Å². The molecule has 0 fully saturated rings. The van der Waals surface area contributed by atoms with Gasteiger partial charge in [0, 0.05) is 13.1 Å². The number of amides is 2. The van der Waals surface area contributed by atoms with Gasteiger partial charge in [-0.25, -0.2) is 0 Å². The molecular formula is C25H34N2O3. The largest absolute Gasteiger partial charge is 0.484 e. The van der Waals surface area contributed by atoms with Gasteiger partial charge in [-0.15, -0.1) is 0 Å². The van der Waals surface area contributed by atoms with E-state index in [0.717, 1.165) is 24.0 Å². The smallest absolute Gasteiger partial charge is 0.261 e. The molecule has 30 heavy (non-hydrogen) atoms. The number of ether oxygens (including phenoxy) is 1. The lowest BCUT2D eigenvalue weighted by atomic mass is 10.1. The highest BCUT2D eigenvalue weighted by atomic mass is 16.5. The number of carbonyl (C=O) groups excluding carboxylic acids is 2. The first-order valence-corrected chi connectivity index (χ1v) is 10.8. The van der Waals surface area contributed by atoms with E-state index in [1.807, 2.05) is 69.3 Å². The minimum atomic E-state index is -0.533. The van der Waals surface area contributed by atoms with Gasteiger partial charge in [0.15, 0.2) is 6.61 Å². The quantitative estimate of drug-likeness (QED) is 0.602. The van der Waals surface area contributed by atoms with E-state index in [1.54, 1.807) is 4.90 Å². The average Bonchev–Trinajstić information content (AvgIpc) is 2.77. The molecule has 0 aliphatic carbocycles. The SMILES string of the molecule is CCCNC(=O)[C@H](CC)N(Cc1ccccc1C)C(=O)COc1ccc(CC)cc1. The molecule has 2 aromatic rings. The van der Waals surface area contributed by atoms with Crippen LogP contribution in [-0.2, 0) is 22.6 Å². The Labute approximate surface area is 180 Å². The lowest BCUT2D eigenvalue weighted by Crippen LogP contribution is -2.50. The third-order valence-electron chi connectivity index (χ3n) is 5.23. The van der Waals surface area contributed by atoms with Crippen molar-refractivity contribution in [3.05, 3.63) is 65.2 Å². The van der Waals surface area contributed by atoms with Gasteiger partial charge in [-0.05, 0) is 55.0 Å². The van der Waals surface area contributed by atoms with Gasteiger partial charge in [0.1, 0.15) is 11.8 Å². The Morgan fingerprint density at radius 2 is 1.73 bits per heavy atom. The van der Waals surface area contributed by atoms with Crippen molar-refractivity contribution >= 4 is 11.8 Å². The summed E-state index contributed by atoms with van der Waals surface area (Å²) < 4.78 is 5.75. The Morgan fingerprint density at radius 1 is 1.03 bits per heavy atom. The van der Waals surface area contributed by atoms with Crippen LogP contribution in [0.15, 0.2) is 48.5 Å². The third kappa shape index (κ3) is 6.61. The summed E-state index contributed by atoms with van der Waals surface area (Å²) in [6.07, 6.45) is 2.34. The summed E-state index contributed by atoms with van der Waals surface area (Å²) in [6.45, 7) is 8.92. The second kappa shape index (κ2) is 12.0. The fourth-order valence-electron chi connectivity index (χ4n) is 3.31. The van der Waals surface area contributed by atoms with E-state index in [0.29, 0.717) is 25.3 Å². The van der Waals surface area contributed by atoms with Crippen LogP contribution in [0.4, 0.5) is 0 Å². The van der Waals surface area contributed by atoms with Gasteiger partial charge in [0.2, 0.25) is 5.91 Å². The Hall–Kier alpha value is -2.82. The predicted octanol–water partition coefficient (Wildman–Crippen LogP) is 4.27. The van der Waals surface area contributed by atoms with Crippen LogP contribution in [0.25, 0.3) is 0 Å². The van der Waals surface area contributed by atoms with Crippen LogP contribution >= 0.6 is 0 Å². The van der Waals surface area contributed by atoms with Gasteiger partial charge < -0.3 is 15.0 Å². The molecule has 5 heteroatoms. The van der Waals surface area contributed by atoms with E-state index in [9.17, 15) is 9.59 Å². The summed E-state index contributed by atoms with van der Waals surface area (Å²) in [5, 5.41) is 2.93. The summed E-state index contributed by atoms with van der Waals surface area (Å²) in [5.74, 6) is 0.338. The summed E-state index contributed by atoms with van der Waals surface area (Å²) in [5.41, 5.74) is 3.34. The van der Waals surface area contributed by atoms with Gasteiger partial charge in [0.25, 0.3) is 5.91 Å². The normalized spacial score (nSPS) is 11.6. The number of rotatable bonds is 11. The Morgan fingerprint density at radius 3 is 2.33 bits per heavy atom. The molecule has 2 rings (SSSR count). The van der Waals surface area contributed by atoms with Gasteiger partial charge in [-0.3, -0.25) is 9.59 Å².